The lowest BCUT2D eigenvalue weighted by Crippen LogP contribution is -2.44. The van der Waals surface area contributed by atoms with Crippen molar-refractivity contribution in [3.8, 4) is 11.5 Å². The second-order valence-electron chi connectivity index (χ2n) is 11.4. The van der Waals surface area contributed by atoms with E-state index in [0.717, 1.165) is 15.0 Å². The molecule has 0 spiro atoms. The Bertz CT molecular complexity index is 1340. The zero-order chi connectivity index (χ0) is 29.0. The lowest BCUT2D eigenvalue weighted by atomic mass is 10.1. The number of pyridine rings is 1. The third kappa shape index (κ3) is 9.17. The maximum atomic E-state index is 15.1. The zero-order valence-electron chi connectivity index (χ0n) is 23.0. The van der Waals surface area contributed by atoms with E-state index in [4.69, 9.17) is 14.2 Å². The first-order valence-electron chi connectivity index (χ1n) is 12.5. The molecule has 0 radical (unpaired) electrons. The van der Waals surface area contributed by atoms with Crippen molar-refractivity contribution >= 4 is 53.8 Å². The molecule has 2 heterocycles. The number of carboxylic acid groups (broad SMARTS) is 1. The maximum absolute atomic E-state index is 15.1. The number of carboxylic acids is 1. The van der Waals surface area contributed by atoms with Crippen molar-refractivity contribution < 1.29 is 33.3 Å². The standard InChI is InChI=1S/C27H35FIN3O6Si/c1-27(2,3)38-26(35)31-20(25(33)34)14-17-7-8-21(18(28)13-17)37-22-9-10-30-24-23(22)19(29)15-32(24)16-36-11-12-39(4,5)6/h7-10,13,15,20H,11-12,14,16H2,1-6H3,(H,31,35)(H,33,34)/t20-/m0/s1. The minimum Gasteiger partial charge on any atom is -0.480 e. The molecule has 0 aliphatic carbocycles. The Kier molecular flexibility index (Phi) is 9.99. The van der Waals surface area contributed by atoms with Crippen molar-refractivity contribution in [3.05, 3.63) is 51.6 Å². The normalized spacial score (nSPS) is 12.8. The van der Waals surface area contributed by atoms with Gasteiger partial charge in [-0.3, -0.25) is 0 Å². The number of carbonyl (C=O) groups is 2. The van der Waals surface area contributed by atoms with Crippen molar-refractivity contribution in [1.29, 1.82) is 0 Å². The van der Waals surface area contributed by atoms with E-state index in [2.05, 4.69) is 52.5 Å². The van der Waals surface area contributed by atoms with E-state index in [0.29, 0.717) is 30.3 Å². The van der Waals surface area contributed by atoms with E-state index in [-0.39, 0.29) is 12.2 Å². The summed E-state index contributed by atoms with van der Waals surface area (Å²) in [7, 11) is -1.20. The molecule has 0 aliphatic rings. The molecule has 12 heteroatoms. The Morgan fingerprint density at radius 3 is 2.54 bits per heavy atom. The Hall–Kier alpha value is -2.71. The van der Waals surface area contributed by atoms with E-state index in [1.54, 1.807) is 39.1 Å². The zero-order valence-corrected chi connectivity index (χ0v) is 26.2. The highest BCUT2D eigenvalue weighted by molar-refractivity contribution is 14.1. The minimum absolute atomic E-state index is 0.0202. The van der Waals surface area contributed by atoms with Gasteiger partial charge in [0, 0.05) is 37.1 Å². The van der Waals surface area contributed by atoms with Crippen LogP contribution in [-0.2, 0) is 27.4 Å². The van der Waals surface area contributed by atoms with E-state index >= 15 is 4.39 Å². The molecule has 0 unspecified atom stereocenters. The molecule has 0 fully saturated rings. The fourth-order valence-electron chi connectivity index (χ4n) is 3.62. The summed E-state index contributed by atoms with van der Waals surface area (Å²) >= 11 is 2.19. The SMILES string of the molecule is CC(C)(C)OC(=O)N[C@@H](Cc1ccc(Oc2ccnc3c2c(I)cn3COCC[Si](C)(C)C)c(F)c1)C(=O)O. The van der Waals surface area contributed by atoms with Crippen LogP contribution in [-0.4, -0.2) is 53.0 Å². The molecule has 2 N–H and O–H groups in total. The Morgan fingerprint density at radius 1 is 1.21 bits per heavy atom. The van der Waals surface area contributed by atoms with Gasteiger partial charge in [-0.2, -0.15) is 0 Å². The number of aliphatic carboxylic acids is 1. The fourth-order valence-corrected chi connectivity index (χ4v) is 5.22. The highest BCUT2D eigenvalue weighted by Gasteiger charge is 2.25. The molecule has 2 aromatic heterocycles. The molecule has 3 rings (SSSR count). The second-order valence-corrected chi connectivity index (χ2v) is 18.2. The highest BCUT2D eigenvalue weighted by atomic mass is 127. The van der Waals surface area contributed by atoms with Gasteiger partial charge in [-0.1, -0.05) is 25.7 Å². The first kappa shape index (κ1) is 30.8. The topological polar surface area (TPSA) is 112 Å². The predicted molar refractivity (Wildman–Crippen MR) is 158 cm³/mol. The summed E-state index contributed by atoms with van der Waals surface area (Å²) in [5.74, 6) is -1.51. The number of nitrogens with zero attached hydrogens (tertiary/aromatic N) is 2. The molecule has 0 bridgehead atoms. The number of aromatic nitrogens is 2. The number of alkyl carbamates (subject to hydrolysis) is 1. The third-order valence-electron chi connectivity index (χ3n) is 5.54. The number of hydrogen-bond acceptors (Lipinski definition) is 6. The smallest absolute Gasteiger partial charge is 0.408 e. The van der Waals surface area contributed by atoms with Crippen LogP contribution in [0.2, 0.25) is 25.7 Å². The largest absolute Gasteiger partial charge is 0.480 e. The number of hydrogen-bond donors (Lipinski definition) is 2. The Morgan fingerprint density at radius 2 is 1.92 bits per heavy atom. The molecule has 0 aliphatic heterocycles. The Balaban J connectivity index is 1.74. The molecule has 39 heavy (non-hydrogen) atoms. The van der Waals surface area contributed by atoms with Gasteiger partial charge in [0.1, 0.15) is 29.8 Å². The van der Waals surface area contributed by atoms with Gasteiger partial charge in [0.25, 0.3) is 0 Å². The quantitative estimate of drug-likeness (QED) is 0.138. The van der Waals surface area contributed by atoms with Crippen LogP contribution in [0.15, 0.2) is 36.7 Å². The summed E-state index contributed by atoms with van der Waals surface area (Å²) in [5.41, 5.74) is 0.259. The van der Waals surface area contributed by atoms with Crippen LogP contribution in [0.1, 0.15) is 26.3 Å². The van der Waals surface area contributed by atoms with Gasteiger partial charge in [0.15, 0.2) is 11.6 Å². The number of nitrogens with one attached hydrogen (secondary N) is 1. The lowest BCUT2D eigenvalue weighted by Gasteiger charge is -2.22. The first-order valence-corrected chi connectivity index (χ1v) is 17.3. The van der Waals surface area contributed by atoms with Gasteiger partial charge in [0.2, 0.25) is 0 Å². The van der Waals surface area contributed by atoms with Crippen LogP contribution in [0.25, 0.3) is 11.0 Å². The molecule has 1 aromatic carbocycles. The van der Waals surface area contributed by atoms with Gasteiger partial charge < -0.3 is 29.2 Å². The van der Waals surface area contributed by atoms with Crippen molar-refractivity contribution in [2.75, 3.05) is 6.61 Å². The van der Waals surface area contributed by atoms with Gasteiger partial charge in [-0.25, -0.2) is 19.0 Å². The number of halogens is 2. The summed E-state index contributed by atoms with van der Waals surface area (Å²) in [5, 5.41) is 12.6. The van der Waals surface area contributed by atoms with Crippen LogP contribution >= 0.6 is 22.6 Å². The maximum Gasteiger partial charge on any atom is 0.408 e. The molecule has 1 amide bonds. The summed E-state index contributed by atoms with van der Waals surface area (Å²) < 4.78 is 34.8. The van der Waals surface area contributed by atoms with E-state index in [9.17, 15) is 14.7 Å². The summed E-state index contributed by atoms with van der Waals surface area (Å²) in [6.07, 6.45) is 2.52. The molecular weight excluding hydrogens is 636 g/mol. The average Bonchev–Trinajstić information content (AvgIpc) is 3.12. The molecule has 9 nitrogen and oxygen atoms in total. The lowest BCUT2D eigenvalue weighted by molar-refractivity contribution is -0.139. The van der Waals surface area contributed by atoms with Gasteiger partial charge in [-0.15, -0.1) is 0 Å². The molecule has 212 valence electrons. The number of fused-ring (bicyclic) bond motifs is 1. The number of benzene rings is 1. The molecule has 1 atom stereocenters. The molecule has 0 saturated carbocycles. The second kappa shape index (κ2) is 12.6. The van der Waals surface area contributed by atoms with Crippen molar-refractivity contribution in [1.82, 2.24) is 14.9 Å². The van der Waals surface area contributed by atoms with Crippen LogP contribution in [0.3, 0.4) is 0 Å². The number of rotatable bonds is 11. The van der Waals surface area contributed by atoms with Crippen molar-refractivity contribution in [2.45, 2.75) is 71.3 Å². The van der Waals surface area contributed by atoms with Crippen molar-refractivity contribution in [3.63, 3.8) is 0 Å². The van der Waals surface area contributed by atoms with Gasteiger partial charge in [0.05, 0.1) is 5.39 Å². The number of amides is 1. The Labute approximate surface area is 242 Å². The van der Waals surface area contributed by atoms with Crippen LogP contribution in [0.4, 0.5) is 9.18 Å². The summed E-state index contributed by atoms with van der Waals surface area (Å²) in [6.45, 7) is 12.9. The average molecular weight is 672 g/mol. The fraction of sp³-hybridized carbons (Fsp3) is 0.444. The van der Waals surface area contributed by atoms with Crippen LogP contribution < -0.4 is 10.1 Å². The molecular formula is C27H35FIN3O6Si. The summed E-state index contributed by atoms with van der Waals surface area (Å²) in [6, 6.07) is 5.63. The number of ether oxygens (including phenoxy) is 3. The van der Waals surface area contributed by atoms with Crippen molar-refractivity contribution in [2.24, 2.45) is 0 Å². The van der Waals surface area contributed by atoms with Crippen LogP contribution in [0, 0.1) is 9.39 Å². The van der Waals surface area contributed by atoms with Crippen LogP contribution in [0.5, 0.6) is 11.5 Å². The first-order chi connectivity index (χ1) is 18.1. The van der Waals surface area contributed by atoms with E-state index < -0.39 is 37.6 Å². The van der Waals surface area contributed by atoms with Gasteiger partial charge >= 0.3 is 12.1 Å². The molecule has 0 saturated heterocycles. The summed E-state index contributed by atoms with van der Waals surface area (Å²) in [4.78, 5) is 28.2. The monoisotopic (exact) mass is 671 g/mol. The minimum atomic E-state index is -1.29. The number of carbonyl (C=O) groups excluding carboxylic acids is 1. The van der Waals surface area contributed by atoms with E-state index in [1.807, 2.05) is 10.8 Å². The van der Waals surface area contributed by atoms with E-state index in [1.165, 1.54) is 12.1 Å². The third-order valence-corrected chi connectivity index (χ3v) is 8.07. The molecule has 3 aromatic rings. The van der Waals surface area contributed by atoms with Gasteiger partial charge in [-0.05, 0) is 73.2 Å². The highest BCUT2D eigenvalue weighted by Crippen LogP contribution is 2.34. The predicted octanol–water partition coefficient (Wildman–Crippen LogP) is 6.41.